The van der Waals surface area contributed by atoms with Crippen LogP contribution in [0.3, 0.4) is 0 Å². The fourth-order valence-electron chi connectivity index (χ4n) is 3.08. The van der Waals surface area contributed by atoms with E-state index in [0.29, 0.717) is 32.0 Å². The smallest absolute Gasteiger partial charge is 0.306 e. The van der Waals surface area contributed by atoms with Crippen molar-refractivity contribution in [3.8, 4) is 5.75 Å². The molecule has 154 valence electrons. The van der Waals surface area contributed by atoms with E-state index in [0.717, 1.165) is 18.2 Å². The van der Waals surface area contributed by atoms with Gasteiger partial charge in [0.2, 0.25) is 5.91 Å². The summed E-state index contributed by atoms with van der Waals surface area (Å²) in [6.07, 6.45) is 2.48. The number of amides is 1. The summed E-state index contributed by atoms with van der Waals surface area (Å²) in [6.45, 7) is 10.1. The van der Waals surface area contributed by atoms with Crippen LogP contribution in [0.15, 0.2) is 24.3 Å². The van der Waals surface area contributed by atoms with Crippen molar-refractivity contribution in [3.05, 3.63) is 29.8 Å². The fraction of sp³-hybridized carbons (Fsp3) is 0.650. The lowest BCUT2D eigenvalue weighted by molar-refractivity contribution is -0.133. The van der Waals surface area contributed by atoms with Gasteiger partial charge in [0.05, 0.1) is 12.9 Å². The zero-order valence-electron chi connectivity index (χ0n) is 17.3. The van der Waals surface area contributed by atoms with Crippen molar-refractivity contribution < 1.29 is 22.1 Å². The normalized spacial score (nSPS) is 13.3. The van der Waals surface area contributed by atoms with E-state index < -0.39 is 10.1 Å². The van der Waals surface area contributed by atoms with Gasteiger partial charge >= 0.3 is 10.1 Å². The van der Waals surface area contributed by atoms with Crippen LogP contribution in [0.5, 0.6) is 5.75 Å². The molecule has 0 unspecified atom stereocenters. The molecule has 0 aliphatic heterocycles. The molecule has 1 atom stereocenters. The first-order chi connectivity index (χ1) is 12.4. The fourth-order valence-corrected chi connectivity index (χ4v) is 3.54. The number of carbonyl (C=O) groups excluding carboxylic acids is 1. The second kappa shape index (κ2) is 10.1. The molecule has 7 heteroatoms. The van der Waals surface area contributed by atoms with Gasteiger partial charge in [-0.2, -0.15) is 8.42 Å². The van der Waals surface area contributed by atoms with Gasteiger partial charge in [0, 0.05) is 26.6 Å². The third kappa shape index (κ3) is 10.3. The van der Waals surface area contributed by atoms with E-state index >= 15 is 0 Å². The Morgan fingerprint density at radius 3 is 2.26 bits per heavy atom. The van der Waals surface area contributed by atoms with Crippen LogP contribution in [0, 0.1) is 11.3 Å². The minimum Gasteiger partial charge on any atom is -0.383 e. The third-order valence-electron chi connectivity index (χ3n) is 3.95. The maximum absolute atomic E-state index is 12.8. The van der Waals surface area contributed by atoms with E-state index in [1.165, 1.54) is 0 Å². The molecule has 0 saturated carbocycles. The Morgan fingerprint density at radius 2 is 1.78 bits per heavy atom. The first-order valence-corrected chi connectivity index (χ1v) is 11.0. The molecular formula is C20H33NO5S. The highest BCUT2D eigenvalue weighted by atomic mass is 32.2. The van der Waals surface area contributed by atoms with Gasteiger partial charge in [-0.05, 0) is 35.4 Å². The van der Waals surface area contributed by atoms with Crippen LogP contribution in [-0.4, -0.2) is 45.7 Å². The van der Waals surface area contributed by atoms with Crippen LogP contribution < -0.4 is 4.18 Å². The predicted molar refractivity (Wildman–Crippen MR) is 107 cm³/mol. The molecule has 1 rings (SSSR count). The maximum Gasteiger partial charge on any atom is 0.306 e. The van der Waals surface area contributed by atoms with Gasteiger partial charge in [-0.15, -0.1) is 0 Å². The van der Waals surface area contributed by atoms with Crippen LogP contribution in [0.4, 0.5) is 0 Å². The van der Waals surface area contributed by atoms with Crippen LogP contribution in [0.2, 0.25) is 0 Å². The molecule has 1 amide bonds. The Balaban J connectivity index is 2.77. The van der Waals surface area contributed by atoms with Crippen LogP contribution in [-0.2, 0) is 26.2 Å². The van der Waals surface area contributed by atoms with Crippen LogP contribution in [0.25, 0.3) is 0 Å². The molecule has 27 heavy (non-hydrogen) atoms. The van der Waals surface area contributed by atoms with Crippen molar-refractivity contribution >= 4 is 16.0 Å². The van der Waals surface area contributed by atoms with Gasteiger partial charge in [0.25, 0.3) is 0 Å². The lowest BCUT2D eigenvalue weighted by Gasteiger charge is -2.27. The summed E-state index contributed by atoms with van der Waals surface area (Å²) < 4.78 is 32.4. The Kier molecular flexibility index (Phi) is 8.75. The molecule has 0 aliphatic carbocycles. The highest BCUT2D eigenvalue weighted by Crippen LogP contribution is 2.26. The second-order valence-corrected chi connectivity index (χ2v) is 9.89. The van der Waals surface area contributed by atoms with Gasteiger partial charge in [0.15, 0.2) is 0 Å². The molecule has 0 aliphatic rings. The van der Waals surface area contributed by atoms with Crippen LogP contribution in [0.1, 0.15) is 46.1 Å². The Labute approximate surface area is 164 Å². The molecule has 0 spiro atoms. The van der Waals surface area contributed by atoms with Crippen molar-refractivity contribution in [2.45, 2.75) is 47.1 Å². The number of nitrogens with zero attached hydrogens (tertiary/aromatic N) is 1. The summed E-state index contributed by atoms with van der Waals surface area (Å²) >= 11 is 0. The molecule has 0 aromatic heterocycles. The summed E-state index contributed by atoms with van der Waals surface area (Å²) in [5.41, 5.74) is 1.09. The topological polar surface area (TPSA) is 72.9 Å². The summed E-state index contributed by atoms with van der Waals surface area (Å²) in [5.74, 6) is 0.656. The molecule has 0 N–H and O–H groups in total. The molecular weight excluding hydrogens is 366 g/mol. The monoisotopic (exact) mass is 399 g/mol. The number of ether oxygens (including phenoxy) is 1. The van der Waals surface area contributed by atoms with Gasteiger partial charge in [-0.25, -0.2) is 0 Å². The SMILES string of the molecule is COCCN(Cc1ccc(OS(C)(=O)=O)cc1)C(=O)C[C@H](C)CC(C)(C)C. The highest BCUT2D eigenvalue weighted by Gasteiger charge is 2.21. The summed E-state index contributed by atoms with van der Waals surface area (Å²) in [6, 6.07) is 6.73. The van der Waals surface area contributed by atoms with Gasteiger partial charge < -0.3 is 13.8 Å². The largest absolute Gasteiger partial charge is 0.383 e. The zero-order valence-corrected chi connectivity index (χ0v) is 18.1. The average Bonchev–Trinajstić information content (AvgIpc) is 2.49. The number of rotatable bonds is 10. The minimum atomic E-state index is -3.55. The number of hydrogen-bond donors (Lipinski definition) is 0. The molecule has 0 fully saturated rings. The average molecular weight is 400 g/mol. The lowest BCUT2D eigenvalue weighted by atomic mass is 9.84. The Bertz CT molecular complexity index is 692. The standard InChI is InChI=1S/C20H33NO5S/c1-16(14-20(2,3)4)13-19(22)21(11-12-25-5)15-17-7-9-18(10-8-17)26-27(6,23)24/h7-10,16H,11-15H2,1-6H3/t16-/m0/s1. The molecule has 0 bridgehead atoms. The quantitative estimate of drug-likeness (QED) is 0.563. The van der Waals surface area contributed by atoms with Gasteiger partial charge in [-0.1, -0.05) is 39.8 Å². The molecule has 6 nitrogen and oxygen atoms in total. The number of carbonyl (C=O) groups is 1. The third-order valence-corrected chi connectivity index (χ3v) is 4.44. The summed E-state index contributed by atoms with van der Waals surface area (Å²) in [4.78, 5) is 14.6. The van der Waals surface area contributed by atoms with E-state index in [1.807, 2.05) is 0 Å². The number of methoxy groups -OCH3 is 1. The zero-order chi connectivity index (χ0) is 20.7. The minimum absolute atomic E-state index is 0.0975. The molecule has 0 radical (unpaired) electrons. The maximum atomic E-state index is 12.8. The van der Waals surface area contributed by atoms with Crippen molar-refractivity contribution in [2.75, 3.05) is 26.5 Å². The molecule has 1 aromatic rings. The summed E-state index contributed by atoms with van der Waals surface area (Å²) in [5, 5.41) is 0. The lowest BCUT2D eigenvalue weighted by Crippen LogP contribution is -2.34. The van der Waals surface area contributed by atoms with Crippen molar-refractivity contribution in [1.29, 1.82) is 0 Å². The number of benzene rings is 1. The molecule has 0 saturated heterocycles. The molecule has 1 aromatic carbocycles. The van der Waals surface area contributed by atoms with E-state index in [2.05, 4.69) is 27.7 Å². The van der Waals surface area contributed by atoms with Gasteiger partial charge in [0.1, 0.15) is 5.75 Å². The number of hydrogen-bond acceptors (Lipinski definition) is 5. The highest BCUT2D eigenvalue weighted by molar-refractivity contribution is 7.86. The Morgan fingerprint density at radius 1 is 1.19 bits per heavy atom. The van der Waals surface area contributed by atoms with Crippen molar-refractivity contribution in [2.24, 2.45) is 11.3 Å². The Hall–Kier alpha value is -1.60. The predicted octanol–water partition coefficient (Wildman–Crippen LogP) is 3.46. The second-order valence-electron chi connectivity index (χ2n) is 8.31. The van der Waals surface area contributed by atoms with E-state index in [-0.39, 0.29) is 17.1 Å². The van der Waals surface area contributed by atoms with E-state index in [4.69, 9.17) is 8.92 Å². The van der Waals surface area contributed by atoms with E-state index in [9.17, 15) is 13.2 Å². The van der Waals surface area contributed by atoms with Crippen LogP contribution >= 0.6 is 0 Å². The van der Waals surface area contributed by atoms with Gasteiger partial charge in [-0.3, -0.25) is 4.79 Å². The van der Waals surface area contributed by atoms with E-state index in [1.54, 1.807) is 36.3 Å². The van der Waals surface area contributed by atoms with Crippen molar-refractivity contribution in [1.82, 2.24) is 4.90 Å². The first-order valence-electron chi connectivity index (χ1n) is 9.15. The first kappa shape index (κ1) is 23.4. The van der Waals surface area contributed by atoms with Crippen molar-refractivity contribution in [3.63, 3.8) is 0 Å². The summed E-state index contributed by atoms with van der Waals surface area (Å²) in [7, 11) is -1.93. The molecule has 0 heterocycles.